The number of anilines is 2. The standard InChI is InChI=1S/C23H17N4O4S/c28-27(29)19-14-21-20(30-15-31-21)13-16(19)11-12-22-26(18-9-5-2-6-10-18)25-23(32-22)24-17-7-3-1-4-8-17/h1-14H,15H2,(H,24,25)/q+1/b12-11+. The minimum atomic E-state index is -0.429. The van der Waals surface area contributed by atoms with Gasteiger partial charge in [0, 0.05) is 29.0 Å². The van der Waals surface area contributed by atoms with Gasteiger partial charge >= 0.3 is 0 Å². The van der Waals surface area contributed by atoms with Crippen LogP contribution in [0, 0.1) is 10.1 Å². The predicted molar refractivity (Wildman–Crippen MR) is 122 cm³/mol. The zero-order chi connectivity index (χ0) is 21.9. The summed E-state index contributed by atoms with van der Waals surface area (Å²) in [6.07, 6.45) is 3.50. The normalized spacial score (nSPS) is 12.2. The van der Waals surface area contributed by atoms with Crippen molar-refractivity contribution in [3.05, 3.63) is 93.5 Å². The molecule has 9 heteroatoms. The number of ether oxygens (including phenoxy) is 2. The Labute approximate surface area is 187 Å². The topological polar surface area (TPSA) is 90.4 Å². The van der Waals surface area contributed by atoms with Crippen molar-refractivity contribution in [1.29, 1.82) is 0 Å². The van der Waals surface area contributed by atoms with E-state index in [-0.39, 0.29) is 12.5 Å². The van der Waals surface area contributed by atoms with E-state index in [1.54, 1.807) is 16.8 Å². The molecule has 5 rings (SSSR count). The Hall–Kier alpha value is -4.24. The number of nitro groups is 1. The molecule has 0 saturated heterocycles. The molecule has 1 aliphatic rings. The zero-order valence-electron chi connectivity index (χ0n) is 16.7. The summed E-state index contributed by atoms with van der Waals surface area (Å²) < 4.78 is 12.5. The molecule has 0 unspecified atom stereocenters. The summed E-state index contributed by atoms with van der Waals surface area (Å²) in [5.41, 5.74) is 2.17. The highest BCUT2D eigenvalue weighted by Crippen LogP contribution is 2.38. The van der Waals surface area contributed by atoms with Gasteiger partial charge < -0.3 is 14.8 Å². The number of fused-ring (bicyclic) bond motifs is 1. The van der Waals surface area contributed by atoms with Gasteiger partial charge in [0.25, 0.3) is 15.8 Å². The summed E-state index contributed by atoms with van der Waals surface area (Å²) in [7, 11) is 0. The van der Waals surface area contributed by atoms with E-state index in [1.165, 1.54) is 17.4 Å². The van der Waals surface area contributed by atoms with E-state index < -0.39 is 4.92 Å². The first-order chi connectivity index (χ1) is 15.7. The number of nitrogens with zero attached hydrogens (tertiary/aromatic N) is 3. The van der Waals surface area contributed by atoms with Crippen molar-refractivity contribution in [1.82, 2.24) is 5.10 Å². The van der Waals surface area contributed by atoms with Gasteiger partial charge in [-0.3, -0.25) is 10.1 Å². The number of nitrogens with one attached hydrogen (secondary N) is 1. The Kier molecular flexibility index (Phi) is 5.22. The van der Waals surface area contributed by atoms with Gasteiger partial charge in [-0.15, -0.1) is 0 Å². The molecule has 1 N–H and O–H groups in total. The van der Waals surface area contributed by atoms with Gasteiger partial charge in [0.1, 0.15) is 0 Å². The summed E-state index contributed by atoms with van der Waals surface area (Å²) in [4.78, 5) is 11.2. The molecule has 4 aromatic rings. The van der Waals surface area contributed by atoms with Crippen LogP contribution in [0.4, 0.5) is 16.5 Å². The highest BCUT2D eigenvalue weighted by Gasteiger charge is 2.24. The number of para-hydroxylation sites is 2. The molecule has 2 heterocycles. The molecule has 0 saturated carbocycles. The van der Waals surface area contributed by atoms with Crippen molar-refractivity contribution in [2.24, 2.45) is 0 Å². The van der Waals surface area contributed by atoms with Crippen LogP contribution >= 0.6 is 11.3 Å². The van der Waals surface area contributed by atoms with E-state index >= 15 is 0 Å². The molecule has 1 aliphatic heterocycles. The first-order valence-corrected chi connectivity index (χ1v) is 10.6. The van der Waals surface area contributed by atoms with Crippen LogP contribution in [-0.4, -0.2) is 16.8 Å². The Morgan fingerprint density at radius 1 is 1.00 bits per heavy atom. The van der Waals surface area contributed by atoms with Crippen LogP contribution in [0.25, 0.3) is 17.8 Å². The molecule has 0 amide bonds. The van der Waals surface area contributed by atoms with Crippen LogP contribution < -0.4 is 19.5 Å². The first kappa shape index (κ1) is 19.7. The molecule has 1 aromatic heterocycles. The summed E-state index contributed by atoms with van der Waals surface area (Å²) in [5, 5.41) is 21.1. The van der Waals surface area contributed by atoms with E-state index in [0.29, 0.717) is 22.2 Å². The fourth-order valence-corrected chi connectivity index (χ4v) is 4.11. The van der Waals surface area contributed by atoms with Gasteiger partial charge in [0.15, 0.2) is 11.5 Å². The molecule has 0 atom stereocenters. The number of aromatic nitrogens is 2. The monoisotopic (exact) mass is 445 g/mol. The van der Waals surface area contributed by atoms with Crippen molar-refractivity contribution < 1.29 is 19.1 Å². The van der Waals surface area contributed by atoms with E-state index in [9.17, 15) is 10.1 Å². The molecule has 158 valence electrons. The summed E-state index contributed by atoms with van der Waals surface area (Å²) >= 11 is 1.44. The van der Waals surface area contributed by atoms with Crippen LogP contribution in [0.1, 0.15) is 10.6 Å². The van der Waals surface area contributed by atoms with Gasteiger partial charge in [0.05, 0.1) is 16.6 Å². The minimum Gasteiger partial charge on any atom is -0.454 e. The molecule has 0 spiro atoms. The lowest BCUT2D eigenvalue weighted by molar-refractivity contribution is -0.654. The molecule has 8 nitrogen and oxygen atoms in total. The van der Waals surface area contributed by atoms with Crippen molar-refractivity contribution in [3.8, 4) is 17.2 Å². The highest BCUT2D eigenvalue weighted by atomic mass is 32.1. The third-order valence-electron chi connectivity index (χ3n) is 4.75. The first-order valence-electron chi connectivity index (χ1n) is 9.74. The largest absolute Gasteiger partial charge is 0.454 e. The van der Waals surface area contributed by atoms with Gasteiger partial charge in [-0.1, -0.05) is 36.4 Å². The average Bonchev–Trinajstić information content (AvgIpc) is 3.44. The fourth-order valence-electron chi connectivity index (χ4n) is 3.26. The van der Waals surface area contributed by atoms with Crippen molar-refractivity contribution in [2.75, 3.05) is 12.1 Å². The van der Waals surface area contributed by atoms with Crippen molar-refractivity contribution >= 4 is 40.0 Å². The van der Waals surface area contributed by atoms with Gasteiger partial charge in [-0.05, 0) is 40.3 Å². The van der Waals surface area contributed by atoms with Crippen LogP contribution in [0.5, 0.6) is 11.5 Å². The van der Waals surface area contributed by atoms with Gasteiger partial charge in [0.2, 0.25) is 12.5 Å². The molecule has 0 bridgehead atoms. The third kappa shape index (κ3) is 4.01. The summed E-state index contributed by atoms with van der Waals surface area (Å²) in [5.74, 6) is 0.863. The summed E-state index contributed by atoms with van der Waals surface area (Å²) in [6.45, 7) is 0.0526. The molecule has 3 aromatic carbocycles. The molecular formula is C23H17N4O4S+. The smallest absolute Gasteiger partial charge is 0.297 e. The quantitative estimate of drug-likeness (QED) is 0.256. The Morgan fingerprint density at radius 3 is 2.41 bits per heavy atom. The van der Waals surface area contributed by atoms with Crippen LogP contribution in [0.2, 0.25) is 0 Å². The Morgan fingerprint density at radius 2 is 1.69 bits per heavy atom. The molecule has 0 aliphatic carbocycles. The van der Waals surface area contributed by atoms with E-state index in [2.05, 4.69) is 5.32 Å². The van der Waals surface area contributed by atoms with Gasteiger partial charge in [-0.25, -0.2) is 0 Å². The van der Waals surface area contributed by atoms with Crippen molar-refractivity contribution in [3.63, 3.8) is 0 Å². The second kappa shape index (κ2) is 8.48. The lowest BCUT2D eigenvalue weighted by atomic mass is 10.1. The predicted octanol–water partition coefficient (Wildman–Crippen LogP) is 4.97. The van der Waals surface area contributed by atoms with Crippen LogP contribution in [-0.2, 0) is 0 Å². The average molecular weight is 445 g/mol. The Bertz CT molecular complexity index is 1310. The second-order valence-electron chi connectivity index (χ2n) is 6.84. The number of rotatable bonds is 6. The lowest BCUT2D eigenvalue weighted by Crippen LogP contribution is -2.35. The zero-order valence-corrected chi connectivity index (χ0v) is 17.5. The van der Waals surface area contributed by atoms with Crippen LogP contribution in [0.15, 0.2) is 72.8 Å². The maximum absolute atomic E-state index is 11.6. The molecule has 32 heavy (non-hydrogen) atoms. The third-order valence-corrected chi connectivity index (χ3v) is 5.65. The SMILES string of the molecule is O=[N+]([O-])c1cc2c(cc1/C=C/c1sc(Nc3ccccc3)n[n+]1-c1ccccc1)OCO2. The summed E-state index contributed by atoms with van der Waals surface area (Å²) in [6, 6.07) is 22.5. The lowest BCUT2D eigenvalue weighted by Gasteiger charge is -2.00. The number of hydrogen-bond donors (Lipinski definition) is 1. The molecule has 0 fully saturated rings. The maximum Gasteiger partial charge on any atom is 0.297 e. The number of hydrogen-bond acceptors (Lipinski definition) is 7. The Balaban J connectivity index is 1.54. The van der Waals surface area contributed by atoms with Crippen LogP contribution in [0.3, 0.4) is 0 Å². The number of nitro benzene ring substituents is 1. The highest BCUT2D eigenvalue weighted by molar-refractivity contribution is 7.15. The minimum absolute atomic E-state index is 0.0519. The van der Waals surface area contributed by atoms with Crippen molar-refractivity contribution in [2.45, 2.75) is 0 Å². The molecular weight excluding hydrogens is 428 g/mol. The molecule has 0 radical (unpaired) electrons. The van der Waals surface area contributed by atoms with E-state index in [4.69, 9.17) is 14.6 Å². The fraction of sp³-hybridized carbons (Fsp3) is 0.0435. The van der Waals surface area contributed by atoms with E-state index in [1.807, 2.05) is 66.7 Å². The number of benzene rings is 3. The van der Waals surface area contributed by atoms with Gasteiger partial charge in [-0.2, -0.15) is 0 Å². The second-order valence-corrected chi connectivity index (χ2v) is 7.85. The van der Waals surface area contributed by atoms with E-state index in [0.717, 1.165) is 16.4 Å². The maximum atomic E-state index is 11.6.